The summed E-state index contributed by atoms with van der Waals surface area (Å²) in [5.41, 5.74) is 0.616. The van der Waals surface area contributed by atoms with Gasteiger partial charge in [-0.3, -0.25) is 9.59 Å². The van der Waals surface area contributed by atoms with Crippen molar-refractivity contribution in [3.8, 4) is 5.75 Å². The topological polar surface area (TPSA) is 66.9 Å². The van der Waals surface area contributed by atoms with Crippen LogP contribution in [0, 0.1) is 0 Å². The van der Waals surface area contributed by atoms with E-state index >= 15 is 0 Å². The first kappa shape index (κ1) is 12.6. The van der Waals surface area contributed by atoms with Gasteiger partial charge in [-0.2, -0.15) is 0 Å². The highest BCUT2D eigenvalue weighted by Crippen LogP contribution is 2.40. The second-order valence-corrected chi connectivity index (χ2v) is 4.63. The molecule has 0 amide bonds. The molecule has 0 radical (unpaired) electrons. The standard InChI is InChI=1S/C16H12O4/c17-12-8-4-7-11(9-13(12)18)14(19)16-15(20-16)10-5-2-1-3-6-10/h1-9,15-16H,(H,17,18). The molecular formula is C16H12O4. The molecule has 20 heavy (non-hydrogen) atoms. The molecule has 4 heteroatoms. The molecule has 4 nitrogen and oxygen atoms in total. The van der Waals surface area contributed by atoms with E-state index in [2.05, 4.69) is 0 Å². The zero-order valence-electron chi connectivity index (χ0n) is 10.5. The Balaban J connectivity index is 1.84. The highest BCUT2D eigenvalue weighted by atomic mass is 16.6. The van der Waals surface area contributed by atoms with Gasteiger partial charge in [0.1, 0.15) is 6.10 Å². The maximum atomic E-state index is 12.2. The van der Waals surface area contributed by atoms with Crippen molar-refractivity contribution in [1.82, 2.24) is 0 Å². The van der Waals surface area contributed by atoms with Crippen molar-refractivity contribution < 1.29 is 14.6 Å². The lowest BCUT2D eigenvalue weighted by Gasteiger charge is -1.95. The monoisotopic (exact) mass is 268 g/mol. The minimum atomic E-state index is -0.574. The van der Waals surface area contributed by atoms with E-state index in [1.165, 1.54) is 18.2 Å². The minimum Gasteiger partial charge on any atom is -0.504 e. The second kappa shape index (κ2) is 4.90. The first-order valence-corrected chi connectivity index (χ1v) is 6.25. The third-order valence-corrected chi connectivity index (χ3v) is 3.23. The van der Waals surface area contributed by atoms with E-state index in [1.807, 2.05) is 30.3 Å². The van der Waals surface area contributed by atoms with Crippen LogP contribution in [0.4, 0.5) is 0 Å². The smallest absolute Gasteiger partial charge is 0.220 e. The van der Waals surface area contributed by atoms with E-state index in [-0.39, 0.29) is 23.2 Å². The van der Waals surface area contributed by atoms with Crippen LogP contribution < -0.4 is 5.43 Å². The van der Waals surface area contributed by atoms with Gasteiger partial charge < -0.3 is 9.84 Å². The van der Waals surface area contributed by atoms with E-state index in [1.54, 1.807) is 0 Å². The Labute approximate surface area is 115 Å². The number of ketones is 1. The molecule has 0 aromatic heterocycles. The summed E-state index contributed by atoms with van der Waals surface area (Å²) in [6.07, 6.45) is -0.806. The van der Waals surface area contributed by atoms with E-state index in [4.69, 9.17) is 4.74 Å². The fourth-order valence-electron chi connectivity index (χ4n) is 2.11. The minimum absolute atomic E-state index is 0.244. The zero-order chi connectivity index (χ0) is 14.1. The van der Waals surface area contributed by atoms with Crippen LogP contribution in [-0.4, -0.2) is 17.0 Å². The number of rotatable bonds is 3. The summed E-state index contributed by atoms with van der Waals surface area (Å²) in [6.45, 7) is 0. The number of Topliss-reactive ketones (excluding diaryl/α,β-unsaturated/α-hetero) is 1. The Kier molecular flexibility index (Phi) is 3.08. The van der Waals surface area contributed by atoms with E-state index in [0.717, 1.165) is 11.6 Å². The lowest BCUT2D eigenvalue weighted by molar-refractivity contribution is 0.0953. The molecular weight excluding hydrogens is 256 g/mol. The Morgan fingerprint density at radius 1 is 1.05 bits per heavy atom. The molecule has 0 aliphatic carbocycles. The maximum absolute atomic E-state index is 12.2. The van der Waals surface area contributed by atoms with Crippen molar-refractivity contribution in [2.45, 2.75) is 12.2 Å². The lowest BCUT2D eigenvalue weighted by atomic mass is 10.0. The van der Waals surface area contributed by atoms with Gasteiger partial charge in [0.2, 0.25) is 5.43 Å². The summed E-state index contributed by atoms with van der Waals surface area (Å²) in [5, 5.41) is 9.31. The number of benzene rings is 1. The largest absolute Gasteiger partial charge is 0.504 e. The Bertz CT molecular complexity index is 709. The fourth-order valence-corrected chi connectivity index (χ4v) is 2.11. The van der Waals surface area contributed by atoms with Crippen molar-refractivity contribution in [2.24, 2.45) is 0 Å². The molecule has 1 heterocycles. The van der Waals surface area contributed by atoms with Crippen LogP contribution in [0.25, 0.3) is 0 Å². The summed E-state index contributed by atoms with van der Waals surface area (Å²) in [6, 6.07) is 14.8. The van der Waals surface area contributed by atoms with Crippen LogP contribution in [0.2, 0.25) is 0 Å². The number of aromatic hydroxyl groups is 1. The number of epoxide rings is 1. The van der Waals surface area contributed by atoms with Crippen LogP contribution in [0.1, 0.15) is 22.0 Å². The molecule has 3 rings (SSSR count). The van der Waals surface area contributed by atoms with E-state index < -0.39 is 11.5 Å². The lowest BCUT2D eigenvalue weighted by Crippen LogP contribution is -2.09. The molecule has 1 aliphatic rings. The number of carbonyl (C=O) groups excluding carboxylic acids is 1. The Hall–Kier alpha value is -2.46. The predicted molar refractivity (Wildman–Crippen MR) is 72.8 cm³/mol. The molecule has 1 aliphatic heterocycles. The molecule has 1 N–H and O–H groups in total. The first-order chi connectivity index (χ1) is 9.66. The van der Waals surface area contributed by atoms with Gasteiger partial charge in [-0.1, -0.05) is 42.5 Å². The zero-order valence-corrected chi connectivity index (χ0v) is 10.5. The number of ether oxygens (including phenoxy) is 1. The van der Waals surface area contributed by atoms with Crippen molar-refractivity contribution >= 4 is 5.78 Å². The third-order valence-electron chi connectivity index (χ3n) is 3.23. The predicted octanol–water partition coefficient (Wildman–Crippen LogP) is 2.08. The van der Waals surface area contributed by atoms with Crippen LogP contribution in [-0.2, 0) is 4.74 Å². The van der Waals surface area contributed by atoms with E-state index in [9.17, 15) is 14.7 Å². The van der Waals surface area contributed by atoms with Crippen LogP contribution in [0.3, 0.4) is 0 Å². The highest BCUT2D eigenvalue weighted by Gasteiger charge is 2.46. The molecule has 2 aromatic rings. The molecule has 0 saturated carbocycles. The van der Waals surface area contributed by atoms with Crippen molar-refractivity contribution in [1.29, 1.82) is 0 Å². The molecule has 1 fully saturated rings. The average molecular weight is 268 g/mol. The molecule has 100 valence electrons. The van der Waals surface area contributed by atoms with Crippen molar-refractivity contribution in [3.63, 3.8) is 0 Å². The number of hydrogen-bond donors (Lipinski definition) is 1. The fraction of sp³-hybridized carbons (Fsp3) is 0.125. The third kappa shape index (κ3) is 2.33. The first-order valence-electron chi connectivity index (χ1n) is 6.25. The molecule has 2 atom stereocenters. The number of hydrogen-bond acceptors (Lipinski definition) is 4. The van der Waals surface area contributed by atoms with Gasteiger partial charge in [0, 0.05) is 11.6 Å². The summed E-state index contributed by atoms with van der Waals surface area (Å²) >= 11 is 0. The van der Waals surface area contributed by atoms with Crippen LogP contribution >= 0.6 is 0 Å². The van der Waals surface area contributed by atoms with Gasteiger partial charge in [-0.15, -0.1) is 0 Å². The van der Waals surface area contributed by atoms with Gasteiger partial charge in [-0.25, -0.2) is 0 Å². The number of carbonyl (C=O) groups is 1. The molecule has 2 unspecified atom stereocenters. The molecule has 0 spiro atoms. The van der Waals surface area contributed by atoms with Gasteiger partial charge in [-0.05, 0) is 11.6 Å². The normalized spacial score (nSPS) is 20.4. The summed E-state index contributed by atoms with van der Waals surface area (Å²) < 4.78 is 5.41. The second-order valence-electron chi connectivity index (χ2n) is 4.63. The molecule has 2 aromatic carbocycles. The van der Waals surface area contributed by atoms with Crippen molar-refractivity contribution in [3.05, 3.63) is 75.9 Å². The Morgan fingerprint density at radius 3 is 2.55 bits per heavy atom. The Morgan fingerprint density at radius 2 is 1.80 bits per heavy atom. The highest BCUT2D eigenvalue weighted by molar-refractivity contribution is 6.01. The van der Waals surface area contributed by atoms with E-state index in [0.29, 0.717) is 0 Å². The average Bonchev–Trinajstić information content (AvgIpc) is 3.27. The maximum Gasteiger partial charge on any atom is 0.220 e. The summed E-state index contributed by atoms with van der Waals surface area (Å²) in [4.78, 5) is 23.7. The summed E-state index contributed by atoms with van der Waals surface area (Å²) in [5.74, 6) is -0.619. The van der Waals surface area contributed by atoms with Gasteiger partial charge in [0.25, 0.3) is 0 Å². The van der Waals surface area contributed by atoms with Gasteiger partial charge in [0.15, 0.2) is 17.6 Å². The van der Waals surface area contributed by atoms with Gasteiger partial charge >= 0.3 is 0 Å². The SMILES string of the molecule is O=C(c1cccc(O)c(=O)c1)C1OC1c1ccccc1. The molecule has 0 bridgehead atoms. The quantitative estimate of drug-likeness (QED) is 0.683. The van der Waals surface area contributed by atoms with Crippen LogP contribution in [0.15, 0.2) is 59.4 Å². The van der Waals surface area contributed by atoms with Crippen LogP contribution in [0.5, 0.6) is 5.75 Å². The van der Waals surface area contributed by atoms with Crippen molar-refractivity contribution in [2.75, 3.05) is 0 Å². The molecule has 1 saturated heterocycles. The summed E-state index contributed by atoms with van der Waals surface area (Å²) in [7, 11) is 0. The van der Waals surface area contributed by atoms with Gasteiger partial charge in [0.05, 0.1) is 0 Å².